The average molecular weight is 280 g/mol. The van der Waals surface area contributed by atoms with E-state index in [0.29, 0.717) is 12.8 Å². The van der Waals surface area contributed by atoms with Crippen LogP contribution in [0.15, 0.2) is 0 Å². The highest BCUT2D eigenvalue weighted by molar-refractivity contribution is 5.90. The summed E-state index contributed by atoms with van der Waals surface area (Å²) in [5, 5.41) is 2.57. The Labute approximate surface area is 110 Å². The van der Waals surface area contributed by atoms with E-state index in [0.717, 1.165) is 0 Å². The predicted molar refractivity (Wildman–Crippen MR) is 63.3 cm³/mol. The van der Waals surface area contributed by atoms with Gasteiger partial charge >= 0.3 is 6.18 Å². The normalized spacial score (nSPS) is 23.0. The maximum Gasteiger partial charge on any atom is 0.391 e. The predicted octanol–water partition coefficient (Wildman–Crippen LogP) is 1.84. The molecule has 1 aliphatic heterocycles. The first-order valence-electron chi connectivity index (χ1n) is 6.41. The van der Waals surface area contributed by atoms with Gasteiger partial charge in [-0.05, 0) is 13.3 Å². The number of alkyl halides is 3. The van der Waals surface area contributed by atoms with Crippen molar-refractivity contribution in [2.45, 2.75) is 57.8 Å². The molecule has 2 atom stereocenters. The second-order valence-electron chi connectivity index (χ2n) is 4.86. The summed E-state index contributed by atoms with van der Waals surface area (Å²) in [4.78, 5) is 24.8. The van der Waals surface area contributed by atoms with Gasteiger partial charge in [0.25, 0.3) is 0 Å². The molecule has 0 spiro atoms. The number of amides is 2. The first-order valence-corrected chi connectivity index (χ1v) is 6.41. The molecule has 1 aliphatic rings. The summed E-state index contributed by atoms with van der Waals surface area (Å²) in [6, 6.07) is -1.64. The van der Waals surface area contributed by atoms with E-state index in [9.17, 15) is 22.8 Å². The molecule has 0 aromatic heterocycles. The van der Waals surface area contributed by atoms with Crippen molar-refractivity contribution in [2.75, 3.05) is 6.54 Å². The van der Waals surface area contributed by atoms with Crippen LogP contribution in [0.2, 0.25) is 0 Å². The van der Waals surface area contributed by atoms with Crippen molar-refractivity contribution in [3.8, 4) is 0 Å². The van der Waals surface area contributed by atoms with Gasteiger partial charge in [0.15, 0.2) is 0 Å². The van der Waals surface area contributed by atoms with Crippen molar-refractivity contribution in [3.05, 3.63) is 0 Å². The van der Waals surface area contributed by atoms with Crippen LogP contribution in [-0.4, -0.2) is 41.5 Å². The Balaban J connectivity index is 2.80. The third-order valence-electron chi connectivity index (χ3n) is 3.13. The zero-order chi connectivity index (χ0) is 14.6. The van der Waals surface area contributed by atoms with E-state index in [1.54, 1.807) is 0 Å². The van der Waals surface area contributed by atoms with Crippen LogP contribution in [0.1, 0.15) is 39.5 Å². The van der Waals surface area contributed by atoms with Gasteiger partial charge in [0, 0.05) is 19.0 Å². The second-order valence-corrected chi connectivity index (χ2v) is 4.86. The molecule has 1 fully saturated rings. The summed E-state index contributed by atoms with van der Waals surface area (Å²) >= 11 is 0. The van der Waals surface area contributed by atoms with Crippen molar-refractivity contribution in [2.24, 2.45) is 0 Å². The Morgan fingerprint density at radius 2 is 2.05 bits per heavy atom. The molecule has 1 rings (SSSR count). The maximum atomic E-state index is 12.4. The van der Waals surface area contributed by atoms with Gasteiger partial charge in [-0.3, -0.25) is 9.59 Å². The minimum atomic E-state index is -4.32. The SMILES string of the molecule is CCCC1NC(=O)CCN(C(C)CC(F)(F)F)C1=O. The average Bonchev–Trinajstić information content (AvgIpc) is 2.38. The standard InChI is InChI=1S/C12H19F3N2O2/c1-3-4-9-11(19)17(6-5-10(18)16-9)8(2)7-12(13,14)15/h8-9H,3-7H2,1-2H3,(H,16,18). The molecule has 0 saturated carbocycles. The fourth-order valence-electron chi connectivity index (χ4n) is 2.23. The van der Waals surface area contributed by atoms with E-state index in [1.807, 2.05) is 6.92 Å². The third kappa shape index (κ3) is 4.72. The van der Waals surface area contributed by atoms with Gasteiger partial charge in [-0.25, -0.2) is 0 Å². The molecule has 19 heavy (non-hydrogen) atoms. The smallest absolute Gasteiger partial charge is 0.344 e. The monoisotopic (exact) mass is 280 g/mol. The van der Waals surface area contributed by atoms with Crippen LogP contribution in [0, 0.1) is 0 Å². The van der Waals surface area contributed by atoms with Crippen LogP contribution >= 0.6 is 0 Å². The molecule has 1 N–H and O–H groups in total. The van der Waals surface area contributed by atoms with Gasteiger partial charge in [0.1, 0.15) is 6.04 Å². The van der Waals surface area contributed by atoms with Crippen molar-refractivity contribution < 1.29 is 22.8 Å². The van der Waals surface area contributed by atoms with Crippen LogP contribution in [-0.2, 0) is 9.59 Å². The molecule has 2 amide bonds. The van der Waals surface area contributed by atoms with Gasteiger partial charge in [0.05, 0.1) is 6.42 Å². The van der Waals surface area contributed by atoms with E-state index in [2.05, 4.69) is 5.32 Å². The van der Waals surface area contributed by atoms with Gasteiger partial charge in [-0.2, -0.15) is 13.2 Å². The molecule has 0 bridgehead atoms. The molecular weight excluding hydrogens is 261 g/mol. The molecule has 2 unspecified atom stereocenters. The molecule has 1 saturated heterocycles. The topological polar surface area (TPSA) is 49.4 Å². The Morgan fingerprint density at radius 3 is 2.58 bits per heavy atom. The number of nitrogens with one attached hydrogen (secondary N) is 1. The van der Waals surface area contributed by atoms with E-state index < -0.39 is 30.6 Å². The molecule has 0 aliphatic carbocycles. The fraction of sp³-hybridized carbons (Fsp3) is 0.833. The summed E-state index contributed by atoms with van der Waals surface area (Å²) in [6.45, 7) is 3.26. The number of halogens is 3. The summed E-state index contributed by atoms with van der Waals surface area (Å²) in [7, 11) is 0. The highest BCUT2D eigenvalue weighted by atomic mass is 19.4. The van der Waals surface area contributed by atoms with Crippen LogP contribution in [0.5, 0.6) is 0 Å². The van der Waals surface area contributed by atoms with Crippen molar-refractivity contribution in [3.63, 3.8) is 0 Å². The van der Waals surface area contributed by atoms with Gasteiger partial charge < -0.3 is 10.2 Å². The lowest BCUT2D eigenvalue weighted by atomic mass is 10.1. The van der Waals surface area contributed by atoms with Crippen molar-refractivity contribution >= 4 is 11.8 Å². The molecule has 110 valence electrons. The first kappa shape index (κ1) is 15.8. The molecule has 0 radical (unpaired) electrons. The molecular formula is C12H19F3N2O2. The van der Waals surface area contributed by atoms with E-state index in [1.165, 1.54) is 11.8 Å². The maximum absolute atomic E-state index is 12.4. The number of rotatable bonds is 4. The van der Waals surface area contributed by atoms with E-state index in [-0.39, 0.29) is 18.9 Å². The Bertz CT molecular complexity index is 344. The number of hydrogen-bond donors (Lipinski definition) is 1. The zero-order valence-electron chi connectivity index (χ0n) is 11.1. The Hall–Kier alpha value is -1.27. The zero-order valence-corrected chi connectivity index (χ0v) is 11.1. The number of hydrogen-bond acceptors (Lipinski definition) is 2. The van der Waals surface area contributed by atoms with Crippen LogP contribution in [0.3, 0.4) is 0 Å². The fourth-order valence-corrected chi connectivity index (χ4v) is 2.23. The Morgan fingerprint density at radius 1 is 1.42 bits per heavy atom. The number of carbonyl (C=O) groups is 2. The number of carbonyl (C=O) groups excluding carboxylic acids is 2. The van der Waals surface area contributed by atoms with Crippen LogP contribution < -0.4 is 5.32 Å². The molecule has 7 heteroatoms. The second kappa shape index (κ2) is 6.25. The molecule has 1 heterocycles. The lowest BCUT2D eigenvalue weighted by molar-refractivity contribution is -0.153. The quantitative estimate of drug-likeness (QED) is 0.854. The molecule has 4 nitrogen and oxygen atoms in total. The Kier molecular flexibility index (Phi) is 5.20. The highest BCUT2D eigenvalue weighted by Crippen LogP contribution is 2.25. The summed E-state index contributed by atoms with van der Waals surface area (Å²) < 4.78 is 37.2. The van der Waals surface area contributed by atoms with Crippen molar-refractivity contribution in [1.29, 1.82) is 0 Å². The van der Waals surface area contributed by atoms with Crippen LogP contribution in [0.25, 0.3) is 0 Å². The minimum absolute atomic E-state index is 0.0438. The highest BCUT2D eigenvalue weighted by Gasteiger charge is 2.37. The first-order chi connectivity index (χ1) is 8.74. The lowest BCUT2D eigenvalue weighted by Gasteiger charge is -2.30. The minimum Gasteiger partial charge on any atom is -0.344 e. The summed E-state index contributed by atoms with van der Waals surface area (Å²) in [5.74, 6) is -0.696. The summed E-state index contributed by atoms with van der Waals surface area (Å²) in [6.07, 6.45) is -4.19. The third-order valence-corrected chi connectivity index (χ3v) is 3.13. The lowest BCUT2D eigenvalue weighted by Crippen LogP contribution is -2.48. The van der Waals surface area contributed by atoms with Gasteiger partial charge in [-0.15, -0.1) is 0 Å². The van der Waals surface area contributed by atoms with Crippen LogP contribution in [0.4, 0.5) is 13.2 Å². The van der Waals surface area contributed by atoms with Gasteiger partial charge in [0.2, 0.25) is 11.8 Å². The summed E-state index contributed by atoms with van der Waals surface area (Å²) in [5.41, 5.74) is 0. The molecule has 0 aromatic carbocycles. The van der Waals surface area contributed by atoms with Gasteiger partial charge in [-0.1, -0.05) is 13.3 Å². The largest absolute Gasteiger partial charge is 0.391 e. The van der Waals surface area contributed by atoms with E-state index in [4.69, 9.17) is 0 Å². The van der Waals surface area contributed by atoms with E-state index >= 15 is 0 Å². The van der Waals surface area contributed by atoms with Crippen molar-refractivity contribution in [1.82, 2.24) is 10.2 Å². The number of nitrogens with zero attached hydrogens (tertiary/aromatic N) is 1. The molecule has 0 aromatic rings.